The maximum atomic E-state index is 5.95. The van der Waals surface area contributed by atoms with Crippen molar-refractivity contribution in [2.45, 2.75) is 71.5 Å². The molecule has 4 nitrogen and oxygen atoms in total. The number of nitrogens with zero attached hydrogens (tertiary/aromatic N) is 2. The van der Waals surface area contributed by atoms with Gasteiger partial charge in [-0.1, -0.05) is 0 Å². The Hall–Kier alpha value is -1.03. The number of nitrogens with two attached hydrogens (primary N) is 1. The first-order valence-corrected chi connectivity index (χ1v) is 7.07. The standard InChI is InChI=1S/C14H26N4/c1-9(2)18-11(4)14(10(3)17-18)16-13-7-5-12(15)6-8-13/h9,12-13,16H,5-8,15H2,1-4H3. The summed E-state index contributed by atoms with van der Waals surface area (Å²) in [6.45, 7) is 8.57. The van der Waals surface area contributed by atoms with Crippen LogP contribution in [0.4, 0.5) is 5.69 Å². The Labute approximate surface area is 110 Å². The van der Waals surface area contributed by atoms with Crippen molar-refractivity contribution in [3.05, 3.63) is 11.4 Å². The maximum absolute atomic E-state index is 5.95. The molecule has 0 bridgehead atoms. The number of anilines is 1. The van der Waals surface area contributed by atoms with Crippen LogP contribution in [0.25, 0.3) is 0 Å². The number of hydrogen-bond acceptors (Lipinski definition) is 3. The van der Waals surface area contributed by atoms with Crippen molar-refractivity contribution >= 4 is 5.69 Å². The number of rotatable bonds is 3. The van der Waals surface area contributed by atoms with Crippen LogP contribution in [0, 0.1) is 13.8 Å². The Morgan fingerprint density at radius 3 is 2.33 bits per heavy atom. The van der Waals surface area contributed by atoms with Gasteiger partial charge in [0.05, 0.1) is 17.1 Å². The fourth-order valence-corrected chi connectivity index (χ4v) is 2.84. The minimum atomic E-state index is 0.406. The third kappa shape index (κ3) is 2.69. The van der Waals surface area contributed by atoms with E-state index >= 15 is 0 Å². The lowest BCUT2D eigenvalue weighted by molar-refractivity contribution is 0.411. The molecule has 3 N–H and O–H groups in total. The average Bonchev–Trinajstić information content (AvgIpc) is 2.60. The van der Waals surface area contributed by atoms with Gasteiger partial charge in [0.15, 0.2) is 0 Å². The van der Waals surface area contributed by atoms with E-state index in [9.17, 15) is 0 Å². The summed E-state index contributed by atoms with van der Waals surface area (Å²) < 4.78 is 2.10. The molecule has 1 saturated carbocycles. The van der Waals surface area contributed by atoms with E-state index in [0.29, 0.717) is 18.1 Å². The van der Waals surface area contributed by atoms with E-state index in [1.54, 1.807) is 0 Å². The van der Waals surface area contributed by atoms with Crippen LogP contribution >= 0.6 is 0 Å². The molecule has 0 atom stereocenters. The first kappa shape index (κ1) is 13.4. The number of aryl methyl sites for hydroxylation is 1. The molecule has 0 spiro atoms. The van der Waals surface area contributed by atoms with Gasteiger partial charge in [-0.15, -0.1) is 0 Å². The summed E-state index contributed by atoms with van der Waals surface area (Å²) in [5.41, 5.74) is 9.53. The second-order valence-electron chi connectivity index (χ2n) is 5.84. The van der Waals surface area contributed by atoms with E-state index in [1.807, 2.05) is 0 Å². The Balaban J connectivity index is 2.09. The molecule has 0 radical (unpaired) electrons. The molecule has 1 aliphatic rings. The quantitative estimate of drug-likeness (QED) is 0.867. The minimum Gasteiger partial charge on any atom is -0.379 e. The lowest BCUT2D eigenvalue weighted by Gasteiger charge is -2.27. The van der Waals surface area contributed by atoms with Crippen LogP contribution in [0.3, 0.4) is 0 Å². The molecule has 0 aromatic carbocycles. The first-order valence-electron chi connectivity index (χ1n) is 7.07. The number of aromatic nitrogens is 2. The second-order valence-corrected chi connectivity index (χ2v) is 5.84. The van der Waals surface area contributed by atoms with Crippen LogP contribution in [0.2, 0.25) is 0 Å². The Bertz CT molecular complexity index is 400. The largest absolute Gasteiger partial charge is 0.379 e. The molecule has 1 fully saturated rings. The van der Waals surface area contributed by atoms with E-state index in [-0.39, 0.29) is 0 Å². The first-order chi connectivity index (χ1) is 8.49. The third-order valence-electron chi connectivity index (χ3n) is 3.93. The zero-order valence-electron chi connectivity index (χ0n) is 12.0. The van der Waals surface area contributed by atoms with Crippen LogP contribution in [0.15, 0.2) is 0 Å². The molecular formula is C14H26N4. The third-order valence-corrected chi connectivity index (χ3v) is 3.93. The van der Waals surface area contributed by atoms with Crippen molar-refractivity contribution in [3.8, 4) is 0 Å². The van der Waals surface area contributed by atoms with Crippen molar-refractivity contribution in [2.75, 3.05) is 5.32 Å². The van der Waals surface area contributed by atoms with Gasteiger partial charge in [-0.2, -0.15) is 5.10 Å². The van der Waals surface area contributed by atoms with Crippen LogP contribution in [-0.2, 0) is 0 Å². The van der Waals surface area contributed by atoms with Crippen LogP contribution in [-0.4, -0.2) is 21.9 Å². The van der Waals surface area contributed by atoms with Crippen LogP contribution < -0.4 is 11.1 Å². The second kappa shape index (κ2) is 5.31. The molecule has 4 heteroatoms. The van der Waals surface area contributed by atoms with Gasteiger partial charge < -0.3 is 11.1 Å². The van der Waals surface area contributed by atoms with Gasteiger partial charge in [-0.05, 0) is 53.4 Å². The highest BCUT2D eigenvalue weighted by molar-refractivity contribution is 5.53. The molecule has 1 aromatic heterocycles. The summed E-state index contributed by atoms with van der Waals surface area (Å²) in [6, 6.07) is 1.38. The van der Waals surface area contributed by atoms with E-state index in [0.717, 1.165) is 18.5 Å². The Morgan fingerprint density at radius 1 is 1.22 bits per heavy atom. The van der Waals surface area contributed by atoms with Gasteiger partial charge in [0.2, 0.25) is 0 Å². The molecule has 2 rings (SSSR count). The average molecular weight is 250 g/mol. The summed E-state index contributed by atoms with van der Waals surface area (Å²) in [5, 5.41) is 8.29. The molecule has 0 aliphatic heterocycles. The van der Waals surface area contributed by atoms with Crippen LogP contribution in [0.1, 0.15) is 57.0 Å². The summed E-state index contributed by atoms with van der Waals surface area (Å²) in [6.07, 6.45) is 4.61. The van der Waals surface area contributed by atoms with Gasteiger partial charge in [0.1, 0.15) is 0 Å². The van der Waals surface area contributed by atoms with Crippen molar-refractivity contribution in [2.24, 2.45) is 5.73 Å². The SMILES string of the molecule is Cc1nn(C(C)C)c(C)c1NC1CCC(N)CC1. The molecule has 0 saturated heterocycles. The van der Waals surface area contributed by atoms with Crippen molar-refractivity contribution in [1.82, 2.24) is 9.78 Å². The van der Waals surface area contributed by atoms with E-state index in [2.05, 4.69) is 42.8 Å². The normalized spacial score (nSPS) is 24.6. The summed E-state index contributed by atoms with van der Waals surface area (Å²) >= 11 is 0. The Kier molecular flexibility index (Phi) is 3.95. The van der Waals surface area contributed by atoms with Gasteiger partial charge >= 0.3 is 0 Å². The predicted molar refractivity (Wildman–Crippen MR) is 75.9 cm³/mol. The van der Waals surface area contributed by atoms with Gasteiger partial charge in [-0.25, -0.2) is 0 Å². The van der Waals surface area contributed by atoms with Gasteiger partial charge in [-0.3, -0.25) is 4.68 Å². The van der Waals surface area contributed by atoms with Crippen molar-refractivity contribution in [1.29, 1.82) is 0 Å². The maximum Gasteiger partial charge on any atom is 0.0828 e. The van der Waals surface area contributed by atoms with E-state index in [1.165, 1.54) is 24.2 Å². The molecule has 0 amide bonds. The monoisotopic (exact) mass is 250 g/mol. The van der Waals surface area contributed by atoms with E-state index in [4.69, 9.17) is 5.73 Å². The Morgan fingerprint density at radius 2 is 1.83 bits per heavy atom. The topological polar surface area (TPSA) is 55.9 Å². The van der Waals surface area contributed by atoms with Gasteiger partial charge in [0, 0.05) is 18.1 Å². The molecule has 1 aliphatic carbocycles. The fraction of sp³-hybridized carbons (Fsp3) is 0.786. The zero-order valence-corrected chi connectivity index (χ0v) is 12.0. The summed E-state index contributed by atoms with van der Waals surface area (Å²) in [7, 11) is 0. The molecule has 1 heterocycles. The molecule has 1 aromatic rings. The lowest BCUT2D eigenvalue weighted by atomic mass is 9.91. The highest BCUT2D eigenvalue weighted by Crippen LogP contribution is 2.27. The smallest absolute Gasteiger partial charge is 0.0828 e. The molecule has 0 unspecified atom stereocenters. The minimum absolute atomic E-state index is 0.406. The number of nitrogens with one attached hydrogen (secondary N) is 1. The number of hydrogen-bond donors (Lipinski definition) is 2. The summed E-state index contributed by atoms with van der Waals surface area (Å²) in [4.78, 5) is 0. The molecular weight excluding hydrogens is 224 g/mol. The predicted octanol–water partition coefficient (Wildman–Crippen LogP) is 2.76. The summed E-state index contributed by atoms with van der Waals surface area (Å²) in [5.74, 6) is 0. The van der Waals surface area contributed by atoms with Crippen molar-refractivity contribution in [3.63, 3.8) is 0 Å². The highest BCUT2D eigenvalue weighted by Gasteiger charge is 2.21. The van der Waals surface area contributed by atoms with Crippen molar-refractivity contribution < 1.29 is 0 Å². The fourth-order valence-electron chi connectivity index (χ4n) is 2.84. The molecule has 18 heavy (non-hydrogen) atoms. The van der Waals surface area contributed by atoms with Gasteiger partial charge in [0.25, 0.3) is 0 Å². The van der Waals surface area contributed by atoms with Crippen LogP contribution in [0.5, 0.6) is 0 Å². The van der Waals surface area contributed by atoms with E-state index < -0.39 is 0 Å². The zero-order chi connectivity index (χ0) is 13.3. The highest BCUT2D eigenvalue weighted by atomic mass is 15.3. The molecule has 102 valence electrons. The lowest BCUT2D eigenvalue weighted by Crippen LogP contribution is -2.33.